The van der Waals surface area contributed by atoms with E-state index in [0.29, 0.717) is 17.1 Å². The molecule has 1 N–H and O–H groups in total. The summed E-state index contributed by atoms with van der Waals surface area (Å²) in [5, 5.41) is 3.38. The molecule has 0 fully saturated rings. The summed E-state index contributed by atoms with van der Waals surface area (Å²) in [6.45, 7) is 0.382. The van der Waals surface area contributed by atoms with Gasteiger partial charge in [-0.1, -0.05) is 17.7 Å². The molecule has 4 nitrogen and oxygen atoms in total. The van der Waals surface area contributed by atoms with Gasteiger partial charge in [-0.15, -0.1) is 0 Å². The lowest BCUT2D eigenvalue weighted by Crippen LogP contribution is -2.22. The fraction of sp³-hybridized carbons (Fsp3) is 0.0588. The summed E-state index contributed by atoms with van der Waals surface area (Å²) in [5.41, 5.74) is 2.30. The molecule has 0 aliphatic rings. The largest absolute Gasteiger partial charge is 0.464 e. The van der Waals surface area contributed by atoms with Gasteiger partial charge >= 0.3 is 0 Å². The quantitative estimate of drug-likeness (QED) is 0.794. The monoisotopic (exact) mass is 312 g/mol. The molecule has 3 rings (SSSR count). The standard InChI is InChI=1S/C17H13ClN2O2/c18-15-4-1-3-13(8-15)17(21)20-10-12-7-14(11-19-9-12)16-5-2-6-22-16/h1-9,11H,10H2,(H,20,21). The number of furan rings is 1. The van der Waals surface area contributed by atoms with Crippen LogP contribution in [0, 0.1) is 0 Å². The summed E-state index contributed by atoms with van der Waals surface area (Å²) in [7, 11) is 0. The van der Waals surface area contributed by atoms with E-state index in [1.807, 2.05) is 18.2 Å². The smallest absolute Gasteiger partial charge is 0.251 e. The van der Waals surface area contributed by atoms with Gasteiger partial charge in [-0.3, -0.25) is 9.78 Å². The lowest BCUT2D eigenvalue weighted by molar-refractivity contribution is 0.0951. The Bertz CT molecular complexity index is 785. The molecule has 0 atom stereocenters. The van der Waals surface area contributed by atoms with E-state index in [2.05, 4.69) is 10.3 Å². The first kappa shape index (κ1) is 14.4. The number of benzene rings is 1. The Morgan fingerprint density at radius 1 is 1.18 bits per heavy atom. The molecule has 0 aliphatic heterocycles. The molecule has 0 aliphatic carbocycles. The van der Waals surface area contributed by atoms with Gasteiger partial charge in [-0.2, -0.15) is 0 Å². The summed E-state index contributed by atoms with van der Waals surface area (Å²) in [5.74, 6) is 0.571. The number of hydrogen-bond acceptors (Lipinski definition) is 3. The number of rotatable bonds is 4. The highest BCUT2D eigenvalue weighted by Crippen LogP contribution is 2.19. The first-order valence-electron chi connectivity index (χ1n) is 6.74. The maximum Gasteiger partial charge on any atom is 0.251 e. The minimum atomic E-state index is -0.175. The van der Waals surface area contributed by atoms with Crippen LogP contribution < -0.4 is 5.32 Å². The van der Waals surface area contributed by atoms with Crippen molar-refractivity contribution in [2.75, 3.05) is 0 Å². The van der Waals surface area contributed by atoms with Gasteiger partial charge in [0.2, 0.25) is 0 Å². The van der Waals surface area contributed by atoms with E-state index in [1.54, 1.807) is 42.9 Å². The first-order chi connectivity index (χ1) is 10.7. The van der Waals surface area contributed by atoms with Crippen LogP contribution in [0.25, 0.3) is 11.3 Å². The second kappa shape index (κ2) is 6.45. The molecule has 1 amide bonds. The van der Waals surface area contributed by atoms with E-state index >= 15 is 0 Å². The van der Waals surface area contributed by atoms with Crippen LogP contribution in [0.15, 0.2) is 65.5 Å². The van der Waals surface area contributed by atoms with E-state index in [4.69, 9.17) is 16.0 Å². The van der Waals surface area contributed by atoms with Crippen LogP contribution in [0.3, 0.4) is 0 Å². The van der Waals surface area contributed by atoms with Gasteiger partial charge in [0, 0.05) is 35.1 Å². The zero-order valence-corrected chi connectivity index (χ0v) is 12.4. The Morgan fingerprint density at radius 3 is 2.86 bits per heavy atom. The van der Waals surface area contributed by atoms with Crippen molar-refractivity contribution >= 4 is 17.5 Å². The van der Waals surface area contributed by atoms with Crippen LogP contribution in [-0.4, -0.2) is 10.9 Å². The zero-order valence-electron chi connectivity index (χ0n) is 11.6. The van der Waals surface area contributed by atoms with Crippen molar-refractivity contribution in [3.63, 3.8) is 0 Å². The molecule has 0 bridgehead atoms. The minimum absolute atomic E-state index is 0.175. The fourth-order valence-electron chi connectivity index (χ4n) is 2.08. The summed E-state index contributed by atoms with van der Waals surface area (Å²) in [6, 6.07) is 12.5. The number of carbonyl (C=O) groups is 1. The van der Waals surface area contributed by atoms with Gasteiger partial charge in [0.25, 0.3) is 5.91 Å². The second-order valence-electron chi connectivity index (χ2n) is 4.75. The van der Waals surface area contributed by atoms with Crippen LogP contribution >= 0.6 is 11.6 Å². The molecule has 0 radical (unpaired) electrons. The third-order valence-electron chi connectivity index (χ3n) is 3.14. The van der Waals surface area contributed by atoms with E-state index in [1.165, 1.54) is 0 Å². The van der Waals surface area contributed by atoms with Crippen molar-refractivity contribution < 1.29 is 9.21 Å². The van der Waals surface area contributed by atoms with Gasteiger partial charge in [-0.05, 0) is 42.0 Å². The van der Waals surface area contributed by atoms with Gasteiger partial charge in [0.05, 0.1) is 6.26 Å². The number of nitrogens with one attached hydrogen (secondary N) is 1. The predicted molar refractivity (Wildman–Crippen MR) is 84.6 cm³/mol. The summed E-state index contributed by atoms with van der Waals surface area (Å²) < 4.78 is 5.34. The number of hydrogen-bond donors (Lipinski definition) is 1. The van der Waals surface area contributed by atoms with Crippen LogP contribution in [0.4, 0.5) is 0 Å². The molecule has 5 heteroatoms. The Morgan fingerprint density at radius 2 is 2.09 bits per heavy atom. The van der Waals surface area contributed by atoms with Gasteiger partial charge in [0.1, 0.15) is 5.76 Å². The maximum atomic E-state index is 12.1. The zero-order chi connectivity index (χ0) is 15.4. The average Bonchev–Trinajstić information content (AvgIpc) is 3.07. The Balaban J connectivity index is 1.69. The summed E-state index contributed by atoms with van der Waals surface area (Å²) in [6.07, 6.45) is 5.05. The van der Waals surface area contributed by atoms with Crippen molar-refractivity contribution in [1.29, 1.82) is 0 Å². The maximum absolute atomic E-state index is 12.1. The second-order valence-corrected chi connectivity index (χ2v) is 5.19. The van der Waals surface area contributed by atoms with Crippen molar-refractivity contribution in [3.8, 4) is 11.3 Å². The molecule has 2 aromatic heterocycles. The third-order valence-corrected chi connectivity index (χ3v) is 3.38. The van der Waals surface area contributed by atoms with Gasteiger partial charge < -0.3 is 9.73 Å². The Labute approximate surface area is 132 Å². The fourth-order valence-corrected chi connectivity index (χ4v) is 2.27. The SMILES string of the molecule is O=C(NCc1cncc(-c2ccco2)c1)c1cccc(Cl)c1. The van der Waals surface area contributed by atoms with E-state index in [-0.39, 0.29) is 5.91 Å². The van der Waals surface area contributed by atoms with Gasteiger partial charge in [-0.25, -0.2) is 0 Å². The molecular weight excluding hydrogens is 300 g/mol. The molecule has 3 aromatic rings. The summed E-state index contributed by atoms with van der Waals surface area (Å²) >= 11 is 5.88. The average molecular weight is 313 g/mol. The number of nitrogens with zero attached hydrogens (tertiary/aromatic N) is 1. The highest BCUT2D eigenvalue weighted by atomic mass is 35.5. The minimum Gasteiger partial charge on any atom is -0.464 e. The molecule has 0 unspecified atom stereocenters. The summed E-state index contributed by atoms with van der Waals surface area (Å²) in [4.78, 5) is 16.2. The van der Waals surface area contributed by atoms with Crippen LogP contribution in [0.2, 0.25) is 5.02 Å². The molecule has 0 saturated carbocycles. The normalized spacial score (nSPS) is 10.4. The molecule has 22 heavy (non-hydrogen) atoms. The number of carbonyl (C=O) groups excluding carboxylic acids is 1. The Hall–Kier alpha value is -2.59. The van der Waals surface area contributed by atoms with Crippen molar-refractivity contribution in [3.05, 3.63) is 77.3 Å². The molecular formula is C17H13ClN2O2. The number of aromatic nitrogens is 1. The number of pyridine rings is 1. The van der Waals surface area contributed by atoms with Crippen molar-refractivity contribution in [2.45, 2.75) is 6.54 Å². The highest BCUT2D eigenvalue weighted by Gasteiger charge is 2.07. The topological polar surface area (TPSA) is 55.1 Å². The van der Waals surface area contributed by atoms with E-state index in [9.17, 15) is 4.79 Å². The molecule has 110 valence electrons. The Kier molecular flexibility index (Phi) is 4.21. The first-order valence-corrected chi connectivity index (χ1v) is 7.12. The lowest BCUT2D eigenvalue weighted by atomic mass is 10.1. The van der Waals surface area contributed by atoms with E-state index < -0.39 is 0 Å². The van der Waals surface area contributed by atoms with Crippen LogP contribution in [-0.2, 0) is 6.54 Å². The molecule has 1 aromatic carbocycles. The van der Waals surface area contributed by atoms with Crippen LogP contribution in [0.5, 0.6) is 0 Å². The number of halogens is 1. The molecule has 2 heterocycles. The van der Waals surface area contributed by atoms with Gasteiger partial charge in [0.15, 0.2) is 0 Å². The van der Waals surface area contributed by atoms with E-state index in [0.717, 1.165) is 16.9 Å². The lowest BCUT2D eigenvalue weighted by Gasteiger charge is -2.06. The third kappa shape index (κ3) is 3.35. The predicted octanol–water partition coefficient (Wildman–Crippen LogP) is 3.93. The molecule has 0 saturated heterocycles. The van der Waals surface area contributed by atoms with Crippen molar-refractivity contribution in [1.82, 2.24) is 10.3 Å². The van der Waals surface area contributed by atoms with Crippen molar-refractivity contribution in [2.24, 2.45) is 0 Å². The highest BCUT2D eigenvalue weighted by molar-refractivity contribution is 6.30. The number of amides is 1. The van der Waals surface area contributed by atoms with Crippen LogP contribution in [0.1, 0.15) is 15.9 Å². The molecule has 0 spiro atoms.